The quantitative estimate of drug-likeness (QED) is 0.347. The second-order valence-corrected chi connectivity index (χ2v) is 6.36. The highest BCUT2D eigenvalue weighted by Gasteiger charge is 2.51. The summed E-state index contributed by atoms with van der Waals surface area (Å²) in [6.07, 6.45) is -5.53. The first-order valence-corrected chi connectivity index (χ1v) is 8.34. The van der Waals surface area contributed by atoms with Gasteiger partial charge in [-0.25, -0.2) is 0 Å². The van der Waals surface area contributed by atoms with Crippen molar-refractivity contribution in [2.24, 2.45) is 0 Å². The van der Waals surface area contributed by atoms with E-state index in [0.717, 1.165) is 0 Å². The molecule has 4 aliphatic heterocycles. The van der Waals surface area contributed by atoms with E-state index in [4.69, 9.17) is 18.9 Å². The van der Waals surface area contributed by atoms with Crippen LogP contribution < -0.4 is 0 Å². The Morgan fingerprint density at radius 3 is 1.31 bits per heavy atom. The molecule has 0 amide bonds. The van der Waals surface area contributed by atoms with E-state index in [1.165, 1.54) is 0 Å². The van der Waals surface area contributed by atoms with Crippen LogP contribution in [-0.4, -0.2) is 95.6 Å². The third kappa shape index (κ3) is 4.88. The predicted molar refractivity (Wildman–Crippen MR) is 80.6 cm³/mol. The largest absolute Gasteiger partial charge is 0.388 e. The highest BCUT2D eigenvalue weighted by Crippen LogP contribution is 2.30. The van der Waals surface area contributed by atoms with Crippen molar-refractivity contribution >= 4 is 0 Å². The molecule has 29 heavy (non-hydrogen) atoms. The van der Waals surface area contributed by atoms with Crippen molar-refractivity contribution in [2.75, 3.05) is 26.4 Å². The lowest BCUT2D eigenvalue weighted by atomic mass is 10.1. The Kier molecular flexibility index (Phi) is 6.42. The number of nitrogens with zero attached hydrogens (tertiary/aromatic N) is 3. The van der Waals surface area contributed by atoms with Crippen LogP contribution in [0.1, 0.15) is 0 Å². The number of hydrogen-bond donors (Lipinski definition) is 1. The fraction of sp³-hybridized carbons (Fsp3) is 1.00. The van der Waals surface area contributed by atoms with Gasteiger partial charge in [-0.05, 0) is 0 Å². The molecule has 0 spiro atoms. The van der Waals surface area contributed by atoms with E-state index >= 15 is 0 Å². The maximum absolute atomic E-state index is 10.1. The molecule has 0 radical (unpaired) electrons. The Hall–Kier alpha value is -2.60. The zero-order valence-electron chi connectivity index (χ0n) is 14.5. The van der Waals surface area contributed by atoms with Crippen LogP contribution in [0, 0.1) is 30.3 Å². The normalized spacial score (nSPS) is 39.6. The van der Waals surface area contributed by atoms with Crippen molar-refractivity contribution in [3.05, 3.63) is 30.3 Å². The molecule has 4 aliphatic rings. The number of rotatable bonds is 6. The smallest absolute Gasteiger partial charge is 0.294 e. The number of aliphatic hydroxyl groups excluding tert-OH is 1. The van der Waals surface area contributed by atoms with Gasteiger partial charge in [-0.1, -0.05) is 0 Å². The van der Waals surface area contributed by atoms with Crippen LogP contribution in [0.4, 0.5) is 0 Å². The van der Waals surface area contributed by atoms with Crippen molar-refractivity contribution in [3.63, 3.8) is 0 Å². The van der Waals surface area contributed by atoms with Gasteiger partial charge in [-0.2, -0.15) is 0 Å². The Balaban J connectivity index is 0.000000169. The van der Waals surface area contributed by atoms with Crippen LogP contribution in [0.5, 0.6) is 0 Å². The molecule has 8 atom stereocenters. The minimum Gasteiger partial charge on any atom is -0.388 e. The summed E-state index contributed by atoms with van der Waals surface area (Å²) in [6.45, 7) is 0.141. The first-order valence-electron chi connectivity index (χ1n) is 8.34. The van der Waals surface area contributed by atoms with Crippen molar-refractivity contribution in [1.82, 2.24) is 0 Å². The zero-order chi connectivity index (χ0) is 21.1. The van der Waals surface area contributed by atoms with E-state index in [1.54, 1.807) is 0 Å². The first-order chi connectivity index (χ1) is 13.8. The first kappa shape index (κ1) is 21.1. The second kappa shape index (κ2) is 8.82. The van der Waals surface area contributed by atoms with Crippen LogP contribution in [0.25, 0.3) is 0 Å². The molecule has 0 aromatic carbocycles. The van der Waals surface area contributed by atoms with Crippen LogP contribution >= 0.6 is 0 Å². The standard InChI is InChI=1S/C6H8N2O8.C6H9NO6/c9-7(10)15-3-1-13-6-4(16-8(11)12)2-14-5(3)6;8-3-1-11-6-4(13-7(9)10)2-12-5(3)6/h3-6H,1-2H2;3-6,8H,1-2H2/t3-,4+,5-,6-;3-,4+,5+,6+/m10/s1. The van der Waals surface area contributed by atoms with Crippen molar-refractivity contribution in [3.8, 4) is 0 Å². The van der Waals surface area contributed by atoms with Crippen LogP contribution in [0.3, 0.4) is 0 Å². The number of fused-ring (bicyclic) bond motifs is 2. The van der Waals surface area contributed by atoms with Gasteiger partial charge in [0.2, 0.25) is 0 Å². The molecule has 4 fully saturated rings. The van der Waals surface area contributed by atoms with Gasteiger partial charge in [0.25, 0.3) is 15.3 Å². The lowest BCUT2D eigenvalue weighted by molar-refractivity contribution is -0.769. The summed E-state index contributed by atoms with van der Waals surface area (Å²) in [6, 6.07) is 0. The Morgan fingerprint density at radius 2 is 0.931 bits per heavy atom. The molecule has 17 nitrogen and oxygen atoms in total. The van der Waals surface area contributed by atoms with Crippen LogP contribution in [0.2, 0.25) is 0 Å². The lowest BCUT2D eigenvalue weighted by Crippen LogP contribution is -2.35. The summed E-state index contributed by atoms with van der Waals surface area (Å²) in [5, 5.41) is 36.8. The van der Waals surface area contributed by atoms with Gasteiger partial charge in [0.1, 0.15) is 30.5 Å². The predicted octanol–water partition coefficient (Wildman–Crippen LogP) is -2.34. The Labute approximate surface area is 160 Å². The topological polar surface area (TPSA) is 214 Å². The molecule has 0 unspecified atom stereocenters. The van der Waals surface area contributed by atoms with E-state index in [1.807, 2.05) is 0 Å². The SMILES string of the molecule is O=[N+]([O-])O[C@@H]1CO[C@H]2[C@@H]1OC[C@@H]2O.O=[N+]([O-])O[C@H]1CO[C@H]2[C@@H]1OC[C@H]2O[N+](=O)[O-]. The lowest BCUT2D eigenvalue weighted by Gasteiger charge is -2.13. The fourth-order valence-corrected chi connectivity index (χ4v) is 3.48. The second-order valence-electron chi connectivity index (χ2n) is 6.36. The number of ether oxygens (including phenoxy) is 4. The molecule has 0 aromatic heterocycles. The van der Waals surface area contributed by atoms with Crippen molar-refractivity contribution in [1.29, 1.82) is 0 Å². The third-order valence-corrected chi connectivity index (χ3v) is 4.61. The average molecular weight is 427 g/mol. The highest BCUT2D eigenvalue weighted by atomic mass is 17.0. The molecule has 1 N–H and O–H groups in total. The maximum atomic E-state index is 10.1. The molecular formula is C12H17N3O14. The van der Waals surface area contributed by atoms with Gasteiger partial charge in [0.15, 0.2) is 18.3 Å². The molecular weight excluding hydrogens is 410 g/mol. The highest BCUT2D eigenvalue weighted by molar-refractivity contribution is 4.95. The summed E-state index contributed by atoms with van der Waals surface area (Å²) < 4.78 is 20.4. The Morgan fingerprint density at radius 1 is 0.621 bits per heavy atom. The maximum Gasteiger partial charge on any atom is 0.294 e. The molecule has 4 heterocycles. The van der Waals surface area contributed by atoms with E-state index in [9.17, 15) is 35.4 Å². The number of hydrogen-bond acceptors (Lipinski definition) is 14. The molecule has 0 bridgehead atoms. The average Bonchev–Trinajstić information content (AvgIpc) is 3.36. The van der Waals surface area contributed by atoms with Gasteiger partial charge in [0.05, 0.1) is 26.4 Å². The summed E-state index contributed by atoms with van der Waals surface area (Å²) in [5.74, 6) is 0. The summed E-state index contributed by atoms with van der Waals surface area (Å²) in [4.78, 5) is 43.3. The van der Waals surface area contributed by atoms with E-state index in [2.05, 4.69) is 14.5 Å². The van der Waals surface area contributed by atoms with E-state index in [0.29, 0.717) is 0 Å². The molecule has 0 aromatic rings. The summed E-state index contributed by atoms with van der Waals surface area (Å²) >= 11 is 0. The van der Waals surface area contributed by atoms with E-state index < -0.39 is 64.1 Å². The molecule has 164 valence electrons. The van der Waals surface area contributed by atoms with E-state index in [-0.39, 0.29) is 26.4 Å². The third-order valence-electron chi connectivity index (χ3n) is 4.61. The fourth-order valence-electron chi connectivity index (χ4n) is 3.48. The molecule has 0 saturated carbocycles. The minimum atomic E-state index is -0.943. The number of aliphatic hydroxyl groups is 1. The Bertz CT molecular complexity index is 605. The molecule has 17 heteroatoms. The van der Waals surface area contributed by atoms with Crippen molar-refractivity contribution in [2.45, 2.75) is 48.8 Å². The van der Waals surface area contributed by atoms with Gasteiger partial charge < -0.3 is 38.6 Å². The van der Waals surface area contributed by atoms with Crippen LogP contribution in [-0.2, 0) is 33.5 Å². The van der Waals surface area contributed by atoms with Crippen molar-refractivity contribution < 1.29 is 53.8 Å². The summed E-state index contributed by atoms with van der Waals surface area (Å²) in [7, 11) is 0. The van der Waals surface area contributed by atoms with Gasteiger partial charge >= 0.3 is 0 Å². The minimum absolute atomic E-state index is 0.0477. The molecule has 0 aliphatic carbocycles. The molecule has 4 saturated heterocycles. The summed E-state index contributed by atoms with van der Waals surface area (Å²) in [5.41, 5.74) is 0. The molecule has 4 rings (SSSR count). The zero-order valence-corrected chi connectivity index (χ0v) is 14.5. The van der Waals surface area contributed by atoms with Crippen LogP contribution in [0.15, 0.2) is 0 Å². The van der Waals surface area contributed by atoms with Gasteiger partial charge in [-0.15, -0.1) is 30.3 Å². The van der Waals surface area contributed by atoms with Gasteiger partial charge in [-0.3, -0.25) is 0 Å². The monoisotopic (exact) mass is 427 g/mol. The van der Waals surface area contributed by atoms with Gasteiger partial charge in [0, 0.05) is 0 Å².